The average molecular weight is 318 g/mol. The number of aliphatic hydroxyl groups is 2. The standard InChI is InChI=1S/C20H30O3/c1-6-12-9-14(21)17-13(11(12)2)7-8-16-19(3,4)10-15(22)18(23)20(16,17)5/h6,9,11,13,15-18,22-23H,1,7-8,10H2,2-5H3/t11-,13+,15-,16-,17-,18+,20-/m0/s1. The molecule has 0 radical (unpaired) electrons. The van der Waals surface area contributed by atoms with Crippen LogP contribution in [0.5, 0.6) is 0 Å². The van der Waals surface area contributed by atoms with Crippen LogP contribution in [0.1, 0.15) is 47.0 Å². The Hall–Kier alpha value is -0.930. The van der Waals surface area contributed by atoms with Gasteiger partial charge in [0.05, 0.1) is 12.2 Å². The van der Waals surface area contributed by atoms with Crippen LogP contribution in [0.3, 0.4) is 0 Å². The first-order valence-electron chi connectivity index (χ1n) is 8.88. The van der Waals surface area contributed by atoms with Crippen molar-refractivity contribution in [3.05, 3.63) is 24.3 Å². The third-order valence-corrected chi connectivity index (χ3v) is 7.34. The Bertz CT molecular complexity index is 561. The predicted molar refractivity (Wildman–Crippen MR) is 90.7 cm³/mol. The van der Waals surface area contributed by atoms with Gasteiger partial charge in [-0.1, -0.05) is 40.3 Å². The summed E-state index contributed by atoms with van der Waals surface area (Å²) in [4.78, 5) is 12.9. The molecule has 3 nitrogen and oxygen atoms in total. The van der Waals surface area contributed by atoms with Crippen molar-refractivity contribution in [2.75, 3.05) is 0 Å². The number of aliphatic hydroxyl groups excluding tert-OH is 2. The molecule has 0 aromatic rings. The maximum Gasteiger partial charge on any atom is 0.159 e. The van der Waals surface area contributed by atoms with Gasteiger partial charge in [0, 0.05) is 11.3 Å². The van der Waals surface area contributed by atoms with Gasteiger partial charge in [0.15, 0.2) is 5.78 Å². The molecule has 0 aliphatic heterocycles. The van der Waals surface area contributed by atoms with Crippen LogP contribution in [0.2, 0.25) is 0 Å². The average Bonchev–Trinajstić information content (AvgIpc) is 2.47. The van der Waals surface area contributed by atoms with Gasteiger partial charge in [-0.3, -0.25) is 4.79 Å². The maximum absolute atomic E-state index is 12.9. The third-order valence-electron chi connectivity index (χ3n) is 7.34. The highest BCUT2D eigenvalue weighted by atomic mass is 16.3. The quantitative estimate of drug-likeness (QED) is 0.781. The van der Waals surface area contributed by atoms with Gasteiger partial charge in [-0.25, -0.2) is 0 Å². The lowest BCUT2D eigenvalue weighted by Crippen LogP contribution is -2.65. The van der Waals surface area contributed by atoms with E-state index in [1.807, 2.05) is 6.92 Å². The molecule has 23 heavy (non-hydrogen) atoms. The predicted octanol–water partition coefficient (Wildman–Crippen LogP) is 3.12. The summed E-state index contributed by atoms with van der Waals surface area (Å²) in [6.45, 7) is 12.4. The smallest absolute Gasteiger partial charge is 0.159 e. The fourth-order valence-electron chi connectivity index (χ4n) is 6.28. The van der Waals surface area contributed by atoms with E-state index in [0.29, 0.717) is 6.42 Å². The van der Waals surface area contributed by atoms with Crippen molar-refractivity contribution in [2.45, 2.75) is 59.2 Å². The van der Waals surface area contributed by atoms with Crippen LogP contribution in [0.4, 0.5) is 0 Å². The lowest BCUT2D eigenvalue weighted by atomic mass is 9.42. The summed E-state index contributed by atoms with van der Waals surface area (Å²) in [7, 11) is 0. The van der Waals surface area contributed by atoms with Gasteiger partial charge in [-0.2, -0.15) is 0 Å². The summed E-state index contributed by atoms with van der Waals surface area (Å²) in [6.07, 6.45) is 4.56. The summed E-state index contributed by atoms with van der Waals surface area (Å²) in [5, 5.41) is 21.4. The van der Waals surface area contributed by atoms with Crippen molar-refractivity contribution in [3.8, 4) is 0 Å². The van der Waals surface area contributed by atoms with E-state index in [0.717, 1.165) is 18.4 Å². The van der Waals surface area contributed by atoms with E-state index in [1.165, 1.54) is 0 Å². The first kappa shape index (κ1) is 16.9. The third kappa shape index (κ3) is 2.20. The molecule has 0 bridgehead atoms. The van der Waals surface area contributed by atoms with Gasteiger partial charge >= 0.3 is 0 Å². The van der Waals surface area contributed by atoms with Gasteiger partial charge in [-0.15, -0.1) is 0 Å². The van der Waals surface area contributed by atoms with Crippen molar-refractivity contribution in [3.63, 3.8) is 0 Å². The molecule has 3 rings (SSSR count). The van der Waals surface area contributed by atoms with Gasteiger partial charge < -0.3 is 10.2 Å². The number of ketones is 1. The van der Waals surface area contributed by atoms with Gasteiger partial charge in [0.2, 0.25) is 0 Å². The normalized spacial score (nSPS) is 49.0. The molecule has 0 saturated heterocycles. The molecule has 3 aliphatic rings. The minimum Gasteiger partial charge on any atom is -0.390 e. The Morgan fingerprint density at radius 1 is 1.26 bits per heavy atom. The SMILES string of the molecule is C=CC1=CC(=O)[C@@H]2[C@H](CC[C@H]3C(C)(C)C[C@H](O)[C@@H](O)[C@]23C)[C@H]1C. The molecule has 0 spiro atoms. The maximum atomic E-state index is 12.9. The zero-order valence-electron chi connectivity index (χ0n) is 14.7. The fraction of sp³-hybridized carbons (Fsp3) is 0.750. The Morgan fingerprint density at radius 3 is 2.52 bits per heavy atom. The van der Waals surface area contributed by atoms with E-state index >= 15 is 0 Å². The molecule has 3 aliphatic carbocycles. The Kier molecular flexibility index (Phi) is 3.89. The Morgan fingerprint density at radius 2 is 1.91 bits per heavy atom. The van der Waals surface area contributed by atoms with E-state index in [1.54, 1.807) is 12.2 Å². The lowest BCUT2D eigenvalue weighted by molar-refractivity contribution is -0.212. The first-order valence-corrected chi connectivity index (χ1v) is 8.88. The number of hydrogen-bond donors (Lipinski definition) is 2. The summed E-state index contributed by atoms with van der Waals surface area (Å²) >= 11 is 0. The number of carbonyl (C=O) groups excluding carboxylic acids is 1. The Labute approximate surface area is 139 Å². The second kappa shape index (κ2) is 5.29. The number of carbonyl (C=O) groups is 1. The monoisotopic (exact) mass is 318 g/mol. The van der Waals surface area contributed by atoms with E-state index in [2.05, 4.69) is 27.4 Å². The van der Waals surface area contributed by atoms with E-state index in [-0.39, 0.29) is 34.9 Å². The van der Waals surface area contributed by atoms with Crippen LogP contribution in [0.15, 0.2) is 24.3 Å². The molecule has 7 atom stereocenters. The second-order valence-corrected chi connectivity index (χ2v) is 8.88. The highest BCUT2D eigenvalue weighted by Crippen LogP contribution is 2.63. The minimum atomic E-state index is -0.830. The highest BCUT2D eigenvalue weighted by Gasteiger charge is 2.63. The van der Waals surface area contributed by atoms with Crippen LogP contribution in [-0.4, -0.2) is 28.2 Å². The van der Waals surface area contributed by atoms with Crippen LogP contribution in [-0.2, 0) is 4.79 Å². The minimum absolute atomic E-state index is 0.0652. The molecule has 0 unspecified atom stereocenters. The van der Waals surface area contributed by atoms with Crippen LogP contribution in [0.25, 0.3) is 0 Å². The lowest BCUT2D eigenvalue weighted by Gasteiger charge is -2.63. The van der Waals surface area contributed by atoms with Crippen LogP contribution < -0.4 is 0 Å². The van der Waals surface area contributed by atoms with Crippen molar-refractivity contribution < 1.29 is 15.0 Å². The number of rotatable bonds is 1. The van der Waals surface area contributed by atoms with Crippen molar-refractivity contribution in [1.82, 2.24) is 0 Å². The molecular weight excluding hydrogens is 288 g/mol. The van der Waals surface area contributed by atoms with Crippen LogP contribution in [0, 0.1) is 34.5 Å². The van der Waals surface area contributed by atoms with E-state index < -0.39 is 17.6 Å². The zero-order chi connectivity index (χ0) is 17.2. The van der Waals surface area contributed by atoms with Gasteiger partial charge in [-0.05, 0) is 54.1 Å². The molecule has 0 aromatic heterocycles. The number of hydrogen-bond acceptors (Lipinski definition) is 3. The summed E-state index contributed by atoms with van der Waals surface area (Å²) in [6, 6.07) is 0. The molecule has 0 heterocycles. The Balaban J connectivity index is 2.11. The molecule has 0 aromatic carbocycles. The summed E-state index contributed by atoms with van der Waals surface area (Å²) in [5.41, 5.74) is 0.395. The zero-order valence-corrected chi connectivity index (χ0v) is 14.7. The van der Waals surface area contributed by atoms with E-state index in [4.69, 9.17) is 0 Å². The van der Waals surface area contributed by atoms with Crippen molar-refractivity contribution in [2.24, 2.45) is 34.5 Å². The molecular formula is C20H30O3. The molecule has 2 N–H and O–H groups in total. The van der Waals surface area contributed by atoms with Gasteiger partial charge in [0.25, 0.3) is 0 Å². The van der Waals surface area contributed by atoms with Crippen LogP contribution >= 0.6 is 0 Å². The largest absolute Gasteiger partial charge is 0.390 e. The number of fused-ring (bicyclic) bond motifs is 3. The fourth-order valence-corrected chi connectivity index (χ4v) is 6.28. The topological polar surface area (TPSA) is 57.5 Å². The molecule has 2 saturated carbocycles. The number of allylic oxidation sites excluding steroid dienone is 3. The van der Waals surface area contributed by atoms with Crippen molar-refractivity contribution >= 4 is 5.78 Å². The van der Waals surface area contributed by atoms with Gasteiger partial charge in [0.1, 0.15) is 0 Å². The first-order chi connectivity index (χ1) is 10.6. The van der Waals surface area contributed by atoms with Crippen molar-refractivity contribution in [1.29, 1.82) is 0 Å². The highest BCUT2D eigenvalue weighted by molar-refractivity contribution is 5.95. The van der Waals surface area contributed by atoms with E-state index in [9.17, 15) is 15.0 Å². The molecule has 2 fully saturated rings. The summed E-state index contributed by atoms with van der Waals surface area (Å²) in [5.74, 6) is 0.674. The second-order valence-electron chi connectivity index (χ2n) is 8.88. The molecule has 3 heteroatoms. The molecule has 0 amide bonds. The summed E-state index contributed by atoms with van der Waals surface area (Å²) < 4.78 is 0. The molecule has 128 valence electrons.